The number of hydrogen-bond donors (Lipinski definition) is 0. The molecular formula is C35H23N. The summed E-state index contributed by atoms with van der Waals surface area (Å²) in [7, 11) is 0. The lowest BCUT2D eigenvalue weighted by molar-refractivity contribution is 1.37. The Labute approximate surface area is 210 Å². The fraction of sp³-hybridized carbons (Fsp3) is 0. The Hall–Kier alpha value is -4.75. The van der Waals surface area contributed by atoms with Crippen LogP contribution < -0.4 is 0 Å². The third kappa shape index (κ3) is 3.21. The van der Waals surface area contributed by atoms with Gasteiger partial charge in [-0.3, -0.25) is 4.98 Å². The van der Waals surface area contributed by atoms with Crippen LogP contribution in [0.15, 0.2) is 140 Å². The molecule has 0 saturated carbocycles. The maximum absolute atomic E-state index is 4.62. The van der Waals surface area contributed by atoms with E-state index in [4.69, 9.17) is 0 Å². The summed E-state index contributed by atoms with van der Waals surface area (Å²) in [5.41, 5.74) is 7.42. The monoisotopic (exact) mass is 457 g/mol. The second-order valence-corrected chi connectivity index (χ2v) is 9.16. The molecule has 0 saturated heterocycles. The topological polar surface area (TPSA) is 12.9 Å². The SMILES string of the molecule is c1ccc(-c2ccc3ccccc3c2-c2c3ccccc3c(-c3ccccc3)c3ccncc23)cc1. The summed E-state index contributed by atoms with van der Waals surface area (Å²) < 4.78 is 0. The van der Waals surface area contributed by atoms with Gasteiger partial charge >= 0.3 is 0 Å². The molecule has 36 heavy (non-hydrogen) atoms. The largest absolute Gasteiger partial charge is 0.264 e. The second kappa shape index (κ2) is 8.48. The van der Waals surface area contributed by atoms with Crippen LogP contribution in [0.5, 0.6) is 0 Å². The average molecular weight is 458 g/mol. The smallest absolute Gasteiger partial charge is 0.0353 e. The summed E-state index contributed by atoms with van der Waals surface area (Å²) in [6.45, 7) is 0. The Bertz CT molecular complexity index is 1810. The molecular weight excluding hydrogens is 434 g/mol. The van der Waals surface area contributed by atoms with Crippen molar-refractivity contribution in [2.24, 2.45) is 0 Å². The molecule has 0 spiro atoms. The standard InChI is InChI=1S/C35H23N/c1-3-11-24(12-4-1)28-20-19-25-13-7-8-16-27(25)34(28)35-30-18-10-9-17-29(30)33(26-14-5-2-6-15-26)31-21-22-36-23-32(31)35/h1-23H. The zero-order chi connectivity index (χ0) is 23.9. The van der Waals surface area contributed by atoms with Crippen molar-refractivity contribution in [2.45, 2.75) is 0 Å². The minimum absolute atomic E-state index is 1.17. The minimum Gasteiger partial charge on any atom is -0.264 e. The first-order chi connectivity index (χ1) is 17.9. The average Bonchev–Trinajstić information content (AvgIpc) is 2.96. The van der Waals surface area contributed by atoms with Crippen LogP contribution in [-0.4, -0.2) is 4.98 Å². The van der Waals surface area contributed by atoms with E-state index in [9.17, 15) is 0 Å². The first-order valence-corrected chi connectivity index (χ1v) is 12.3. The molecule has 0 radical (unpaired) electrons. The summed E-state index contributed by atoms with van der Waals surface area (Å²) in [5.74, 6) is 0. The molecule has 0 bridgehead atoms. The fourth-order valence-corrected chi connectivity index (χ4v) is 5.61. The van der Waals surface area contributed by atoms with E-state index in [-0.39, 0.29) is 0 Å². The Morgan fingerprint density at radius 2 is 0.944 bits per heavy atom. The highest BCUT2D eigenvalue weighted by molar-refractivity contribution is 6.25. The lowest BCUT2D eigenvalue weighted by Gasteiger charge is -2.21. The van der Waals surface area contributed by atoms with E-state index in [0.29, 0.717) is 0 Å². The first-order valence-electron chi connectivity index (χ1n) is 12.3. The molecule has 0 fully saturated rings. The molecule has 1 aromatic heterocycles. The summed E-state index contributed by atoms with van der Waals surface area (Å²) in [5, 5.41) is 7.37. The van der Waals surface area contributed by atoms with E-state index >= 15 is 0 Å². The Morgan fingerprint density at radius 1 is 0.361 bits per heavy atom. The summed E-state index contributed by atoms with van der Waals surface area (Å²) in [4.78, 5) is 4.62. The van der Waals surface area contributed by atoms with Crippen molar-refractivity contribution in [1.29, 1.82) is 0 Å². The van der Waals surface area contributed by atoms with Crippen LogP contribution in [0.3, 0.4) is 0 Å². The third-order valence-electron chi connectivity index (χ3n) is 7.15. The highest BCUT2D eigenvalue weighted by Gasteiger charge is 2.20. The number of aromatic nitrogens is 1. The van der Waals surface area contributed by atoms with E-state index < -0.39 is 0 Å². The molecule has 7 aromatic rings. The molecule has 1 heteroatoms. The lowest BCUT2D eigenvalue weighted by Crippen LogP contribution is -1.94. The van der Waals surface area contributed by atoms with Gasteiger partial charge in [0.05, 0.1) is 0 Å². The molecule has 0 unspecified atom stereocenters. The van der Waals surface area contributed by atoms with Crippen molar-refractivity contribution in [3.8, 4) is 33.4 Å². The quantitative estimate of drug-likeness (QED) is 0.241. The van der Waals surface area contributed by atoms with Gasteiger partial charge in [-0.15, -0.1) is 0 Å². The number of benzene rings is 6. The van der Waals surface area contributed by atoms with Gasteiger partial charge in [-0.2, -0.15) is 0 Å². The van der Waals surface area contributed by atoms with Gasteiger partial charge in [-0.25, -0.2) is 0 Å². The number of hydrogen-bond acceptors (Lipinski definition) is 1. The van der Waals surface area contributed by atoms with Gasteiger partial charge in [0.25, 0.3) is 0 Å². The van der Waals surface area contributed by atoms with Crippen LogP contribution in [0.2, 0.25) is 0 Å². The van der Waals surface area contributed by atoms with E-state index in [0.717, 1.165) is 0 Å². The van der Waals surface area contributed by atoms with Crippen LogP contribution in [0.1, 0.15) is 0 Å². The van der Waals surface area contributed by atoms with E-state index in [1.807, 2.05) is 12.4 Å². The van der Waals surface area contributed by atoms with Crippen molar-refractivity contribution in [3.05, 3.63) is 140 Å². The van der Waals surface area contributed by atoms with E-state index in [2.05, 4.69) is 132 Å². The third-order valence-corrected chi connectivity index (χ3v) is 7.15. The zero-order valence-corrected chi connectivity index (χ0v) is 19.7. The summed E-state index contributed by atoms with van der Waals surface area (Å²) in [6.07, 6.45) is 3.95. The van der Waals surface area contributed by atoms with Crippen LogP contribution in [0.4, 0.5) is 0 Å². The predicted octanol–water partition coefficient (Wildman–Crippen LogP) is 9.54. The van der Waals surface area contributed by atoms with Gasteiger partial charge in [0.15, 0.2) is 0 Å². The zero-order valence-electron chi connectivity index (χ0n) is 19.7. The molecule has 168 valence electrons. The van der Waals surface area contributed by atoms with E-state index in [1.165, 1.54) is 65.7 Å². The van der Waals surface area contributed by atoms with Gasteiger partial charge < -0.3 is 0 Å². The Kier molecular flexibility index (Phi) is 4.85. The maximum atomic E-state index is 4.62. The molecule has 7 rings (SSSR count). The van der Waals surface area contributed by atoms with Crippen molar-refractivity contribution >= 4 is 32.3 Å². The highest BCUT2D eigenvalue weighted by Crippen LogP contribution is 2.47. The molecule has 0 atom stereocenters. The molecule has 0 N–H and O–H groups in total. The van der Waals surface area contributed by atoms with Crippen LogP contribution in [0.25, 0.3) is 65.7 Å². The number of fused-ring (bicyclic) bond motifs is 3. The van der Waals surface area contributed by atoms with Crippen LogP contribution in [-0.2, 0) is 0 Å². The minimum atomic E-state index is 1.17. The molecule has 0 aliphatic carbocycles. The lowest BCUT2D eigenvalue weighted by atomic mass is 9.82. The molecule has 6 aromatic carbocycles. The number of pyridine rings is 1. The molecule has 1 nitrogen and oxygen atoms in total. The predicted molar refractivity (Wildman–Crippen MR) is 153 cm³/mol. The van der Waals surface area contributed by atoms with Gasteiger partial charge in [0, 0.05) is 23.3 Å². The Balaban J connectivity index is 1.72. The first kappa shape index (κ1) is 20.6. The fourth-order valence-electron chi connectivity index (χ4n) is 5.61. The van der Waals surface area contributed by atoms with Crippen LogP contribution >= 0.6 is 0 Å². The molecule has 1 heterocycles. The maximum Gasteiger partial charge on any atom is 0.0353 e. The molecule has 0 aliphatic heterocycles. The highest BCUT2D eigenvalue weighted by atomic mass is 14.6. The summed E-state index contributed by atoms with van der Waals surface area (Å²) >= 11 is 0. The van der Waals surface area contributed by atoms with Crippen molar-refractivity contribution in [2.75, 3.05) is 0 Å². The van der Waals surface area contributed by atoms with Crippen molar-refractivity contribution < 1.29 is 0 Å². The van der Waals surface area contributed by atoms with Crippen molar-refractivity contribution in [1.82, 2.24) is 4.98 Å². The van der Waals surface area contributed by atoms with Crippen molar-refractivity contribution in [3.63, 3.8) is 0 Å². The van der Waals surface area contributed by atoms with Crippen LogP contribution in [0, 0.1) is 0 Å². The summed E-state index contributed by atoms with van der Waals surface area (Å²) in [6, 6.07) is 45.6. The Morgan fingerprint density at radius 3 is 1.69 bits per heavy atom. The number of rotatable bonds is 3. The van der Waals surface area contributed by atoms with Gasteiger partial charge in [-0.1, -0.05) is 121 Å². The van der Waals surface area contributed by atoms with Gasteiger partial charge in [0.1, 0.15) is 0 Å². The van der Waals surface area contributed by atoms with Gasteiger partial charge in [0.2, 0.25) is 0 Å². The molecule has 0 amide bonds. The molecule has 0 aliphatic rings. The second-order valence-electron chi connectivity index (χ2n) is 9.16. The van der Waals surface area contributed by atoms with Gasteiger partial charge in [-0.05, 0) is 60.8 Å². The number of nitrogens with zero attached hydrogens (tertiary/aromatic N) is 1. The van der Waals surface area contributed by atoms with E-state index in [1.54, 1.807) is 0 Å². The normalized spacial score (nSPS) is 11.3.